The van der Waals surface area contributed by atoms with E-state index < -0.39 is 0 Å². The van der Waals surface area contributed by atoms with Crippen LogP contribution < -0.4 is 10.6 Å². The predicted molar refractivity (Wildman–Crippen MR) is 96.1 cm³/mol. The molecule has 7 heteroatoms. The summed E-state index contributed by atoms with van der Waals surface area (Å²) in [6.45, 7) is 4.00. The zero-order valence-corrected chi connectivity index (χ0v) is 14.4. The molecule has 0 spiro atoms. The third kappa shape index (κ3) is 3.80. The topological polar surface area (TPSA) is 82.7 Å². The summed E-state index contributed by atoms with van der Waals surface area (Å²) in [4.78, 5) is 16.6. The van der Waals surface area contributed by atoms with E-state index in [-0.39, 0.29) is 12.1 Å². The number of aromatic amines is 1. The van der Waals surface area contributed by atoms with Crippen LogP contribution in [0.25, 0.3) is 11.3 Å². The molecular formula is C17H19N5OS. The molecule has 0 aliphatic heterocycles. The summed E-state index contributed by atoms with van der Waals surface area (Å²) >= 11 is 1.62. The van der Waals surface area contributed by atoms with E-state index in [1.54, 1.807) is 17.5 Å². The van der Waals surface area contributed by atoms with Gasteiger partial charge in [0, 0.05) is 17.3 Å². The average molecular weight is 341 g/mol. The van der Waals surface area contributed by atoms with Crippen molar-refractivity contribution in [2.45, 2.75) is 26.3 Å². The van der Waals surface area contributed by atoms with Gasteiger partial charge in [-0.1, -0.05) is 19.1 Å². The van der Waals surface area contributed by atoms with Gasteiger partial charge >= 0.3 is 6.03 Å². The molecule has 0 saturated heterocycles. The summed E-state index contributed by atoms with van der Waals surface area (Å²) in [5.41, 5.74) is 3.58. The first-order valence-corrected chi connectivity index (χ1v) is 8.65. The molecule has 124 valence electrons. The largest absolute Gasteiger partial charge is 0.330 e. The molecule has 0 fully saturated rings. The number of benzene rings is 1. The fraction of sp³-hybridized carbons (Fsp3) is 0.235. The van der Waals surface area contributed by atoms with Crippen LogP contribution in [0.5, 0.6) is 0 Å². The lowest BCUT2D eigenvalue weighted by molar-refractivity contribution is 0.249. The molecule has 2 amide bonds. The second kappa shape index (κ2) is 7.27. The van der Waals surface area contributed by atoms with Crippen molar-refractivity contribution in [3.63, 3.8) is 0 Å². The molecule has 24 heavy (non-hydrogen) atoms. The highest BCUT2D eigenvalue weighted by Crippen LogP contribution is 2.20. The monoisotopic (exact) mass is 341 g/mol. The summed E-state index contributed by atoms with van der Waals surface area (Å²) in [5, 5.41) is 15.6. The molecule has 0 aliphatic rings. The van der Waals surface area contributed by atoms with E-state index in [9.17, 15) is 4.79 Å². The first-order chi connectivity index (χ1) is 11.7. The van der Waals surface area contributed by atoms with Crippen LogP contribution in [0.1, 0.15) is 30.6 Å². The Morgan fingerprint density at radius 2 is 2.08 bits per heavy atom. The van der Waals surface area contributed by atoms with Gasteiger partial charge in [-0.15, -0.1) is 11.3 Å². The molecule has 3 N–H and O–H groups in total. The SMILES string of the molecule is CCc1nc(C(C)NC(=O)Nc2ccc(-c3ccn[nH]3)cc2)cs1. The van der Waals surface area contributed by atoms with E-state index in [1.807, 2.05) is 42.6 Å². The number of hydrogen-bond acceptors (Lipinski definition) is 4. The second-order valence-electron chi connectivity index (χ2n) is 5.39. The Bertz CT molecular complexity index is 795. The molecule has 1 unspecified atom stereocenters. The molecule has 2 heterocycles. The van der Waals surface area contributed by atoms with Crippen LogP contribution in [0.15, 0.2) is 41.9 Å². The summed E-state index contributed by atoms with van der Waals surface area (Å²) in [6, 6.07) is 9.10. The molecule has 0 bridgehead atoms. The van der Waals surface area contributed by atoms with Crippen LogP contribution in [0.4, 0.5) is 10.5 Å². The number of nitrogens with one attached hydrogen (secondary N) is 3. The van der Waals surface area contributed by atoms with Gasteiger partial charge in [0.2, 0.25) is 0 Å². The first kappa shape index (κ1) is 16.2. The van der Waals surface area contributed by atoms with Crippen molar-refractivity contribution in [2.24, 2.45) is 0 Å². The average Bonchev–Trinajstić information content (AvgIpc) is 3.27. The Balaban J connectivity index is 1.58. The van der Waals surface area contributed by atoms with Crippen LogP contribution in [0.3, 0.4) is 0 Å². The van der Waals surface area contributed by atoms with E-state index >= 15 is 0 Å². The normalized spacial score (nSPS) is 11.9. The minimum atomic E-state index is -0.247. The van der Waals surface area contributed by atoms with Crippen molar-refractivity contribution in [3.8, 4) is 11.3 Å². The van der Waals surface area contributed by atoms with Crippen LogP contribution >= 0.6 is 11.3 Å². The number of rotatable bonds is 5. The van der Waals surface area contributed by atoms with Gasteiger partial charge in [-0.2, -0.15) is 5.10 Å². The third-order valence-electron chi connectivity index (χ3n) is 3.62. The molecule has 0 aliphatic carbocycles. The van der Waals surface area contributed by atoms with Crippen LogP contribution in [-0.2, 0) is 6.42 Å². The lowest BCUT2D eigenvalue weighted by atomic mass is 10.1. The molecule has 6 nitrogen and oxygen atoms in total. The number of anilines is 1. The minimum absolute atomic E-state index is 0.134. The van der Waals surface area contributed by atoms with Gasteiger partial charge in [0.25, 0.3) is 0 Å². The van der Waals surface area contributed by atoms with Crippen LogP contribution in [0.2, 0.25) is 0 Å². The minimum Gasteiger partial charge on any atom is -0.330 e. The third-order valence-corrected chi connectivity index (χ3v) is 4.63. The molecule has 1 aromatic carbocycles. The van der Waals surface area contributed by atoms with Gasteiger partial charge in [0.05, 0.1) is 22.4 Å². The van der Waals surface area contributed by atoms with Crippen molar-refractivity contribution >= 4 is 23.1 Å². The molecule has 3 aromatic rings. The summed E-state index contributed by atoms with van der Waals surface area (Å²) in [5.74, 6) is 0. The first-order valence-electron chi connectivity index (χ1n) is 7.77. The highest BCUT2D eigenvalue weighted by Gasteiger charge is 2.12. The maximum atomic E-state index is 12.1. The Kier molecular flexibility index (Phi) is 4.90. The van der Waals surface area contributed by atoms with E-state index in [1.165, 1.54) is 0 Å². The fourth-order valence-electron chi connectivity index (χ4n) is 2.27. The van der Waals surface area contributed by atoms with Crippen molar-refractivity contribution in [1.29, 1.82) is 0 Å². The van der Waals surface area contributed by atoms with Gasteiger partial charge in [-0.3, -0.25) is 5.10 Å². The van der Waals surface area contributed by atoms with Gasteiger partial charge in [0.1, 0.15) is 0 Å². The number of carbonyl (C=O) groups is 1. The Morgan fingerprint density at radius 1 is 1.29 bits per heavy atom. The number of aromatic nitrogens is 3. The fourth-order valence-corrected chi connectivity index (χ4v) is 3.11. The number of aryl methyl sites for hydroxylation is 1. The zero-order valence-electron chi connectivity index (χ0n) is 13.5. The standard InChI is InChI=1S/C17H19N5OS/c1-3-16-21-15(10-24-16)11(2)19-17(23)20-13-6-4-12(5-7-13)14-8-9-18-22-14/h4-11H,3H2,1-2H3,(H,18,22)(H2,19,20,23). The molecule has 0 saturated carbocycles. The van der Waals surface area contributed by atoms with Gasteiger partial charge in [0.15, 0.2) is 0 Å². The van der Waals surface area contributed by atoms with Gasteiger partial charge in [-0.05, 0) is 37.1 Å². The number of amides is 2. The molecule has 3 rings (SSSR count). The molecule has 2 aromatic heterocycles. The Hall–Kier alpha value is -2.67. The molecule has 1 atom stereocenters. The Labute approximate surface area is 144 Å². The second-order valence-corrected chi connectivity index (χ2v) is 6.33. The number of hydrogen-bond donors (Lipinski definition) is 3. The van der Waals surface area contributed by atoms with Crippen LogP contribution in [-0.4, -0.2) is 21.2 Å². The lowest BCUT2D eigenvalue weighted by Gasteiger charge is -2.13. The number of carbonyl (C=O) groups excluding carboxylic acids is 1. The predicted octanol–water partition coefficient (Wildman–Crippen LogP) is 3.98. The van der Waals surface area contributed by atoms with E-state index in [0.29, 0.717) is 0 Å². The Morgan fingerprint density at radius 3 is 2.71 bits per heavy atom. The smallest absolute Gasteiger partial charge is 0.319 e. The number of thiazole rings is 1. The van der Waals surface area contributed by atoms with Crippen molar-refractivity contribution in [1.82, 2.24) is 20.5 Å². The number of nitrogens with zero attached hydrogens (tertiary/aromatic N) is 2. The number of urea groups is 1. The van der Waals surface area contributed by atoms with Gasteiger partial charge < -0.3 is 10.6 Å². The van der Waals surface area contributed by atoms with E-state index in [2.05, 4.69) is 32.7 Å². The van der Waals surface area contributed by atoms with Crippen molar-refractivity contribution < 1.29 is 4.79 Å². The van der Waals surface area contributed by atoms with Crippen molar-refractivity contribution in [3.05, 3.63) is 52.6 Å². The summed E-state index contributed by atoms with van der Waals surface area (Å²) < 4.78 is 0. The number of H-pyrrole nitrogens is 1. The lowest BCUT2D eigenvalue weighted by Crippen LogP contribution is -2.31. The maximum absolute atomic E-state index is 12.1. The molecule has 0 radical (unpaired) electrons. The highest BCUT2D eigenvalue weighted by molar-refractivity contribution is 7.09. The molecular weight excluding hydrogens is 322 g/mol. The van der Waals surface area contributed by atoms with E-state index in [0.717, 1.165) is 34.1 Å². The summed E-state index contributed by atoms with van der Waals surface area (Å²) in [7, 11) is 0. The maximum Gasteiger partial charge on any atom is 0.319 e. The van der Waals surface area contributed by atoms with Crippen LogP contribution in [0, 0.1) is 0 Å². The zero-order chi connectivity index (χ0) is 16.9. The van der Waals surface area contributed by atoms with E-state index in [4.69, 9.17) is 0 Å². The van der Waals surface area contributed by atoms with Gasteiger partial charge in [-0.25, -0.2) is 9.78 Å². The quantitative estimate of drug-likeness (QED) is 0.656. The van der Waals surface area contributed by atoms with Crippen molar-refractivity contribution in [2.75, 3.05) is 5.32 Å². The highest BCUT2D eigenvalue weighted by atomic mass is 32.1. The summed E-state index contributed by atoms with van der Waals surface area (Å²) in [6.07, 6.45) is 2.62.